The van der Waals surface area contributed by atoms with Gasteiger partial charge in [-0.25, -0.2) is 0 Å². The minimum atomic E-state index is -0.377. The fourth-order valence-corrected chi connectivity index (χ4v) is 2.57. The first kappa shape index (κ1) is 15.0. The molecule has 2 N–H and O–H groups in total. The molecule has 102 valence electrons. The fourth-order valence-electron chi connectivity index (χ4n) is 2.57. The monoisotopic (exact) mass is 241 g/mol. The lowest BCUT2D eigenvalue weighted by Crippen LogP contribution is -2.41. The zero-order valence-corrected chi connectivity index (χ0v) is 12.2. The van der Waals surface area contributed by atoms with Crippen LogP contribution in [0.2, 0.25) is 0 Å². The highest BCUT2D eigenvalue weighted by molar-refractivity contribution is 4.88. The standard InChI is InChI=1S/C15H31NO/c1-5-12-16-13-6-8-15(17,9-7-13)11-10-14(2,3)4/h13,16-17H,5-12H2,1-4H3. The van der Waals surface area contributed by atoms with Gasteiger partial charge in [-0.1, -0.05) is 27.7 Å². The van der Waals surface area contributed by atoms with Gasteiger partial charge in [-0.2, -0.15) is 0 Å². The zero-order valence-electron chi connectivity index (χ0n) is 12.2. The second-order valence-corrected chi connectivity index (χ2v) is 7.01. The highest BCUT2D eigenvalue weighted by Gasteiger charge is 2.33. The molecule has 0 aromatic carbocycles. The van der Waals surface area contributed by atoms with Gasteiger partial charge < -0.3 is 10.4 Å². The average Bonchev–Trinajstić information content (AvgIpc) is 2.25. The maximum atomic E-state index is 10.6. The average molecular weight is 241 g/mol. The maximum Gasteiger partial charge on any atom is 0.0649 e. The molecule has 1 saturated carbocycles. The Morgan fingerprint density at radius 3 is 2.29 bits per heavy atom. The third kappa shape index (κ3) is 5.87. The summed E-state index contributed by atoms with van der Waals surface area (Å²) in [6.45, 7) is 10.1. The molecule has 0 atom stereocenters. The zero-order chi connectivity index (χ0) is 12.9. The van der Waals surface area contributed by atoms with Gasteiger partial charge in [0, 0.05) is 6.04 Å². The third-order valence-electron chi connectivity index (χ3n) is 3.94. The van der Waals surface area contributed by atoms with Crippen molar-refractivity contribution in [1.82, 2.24) is 5.32 Å². The van der Waals surface area contributed by atoms with E-state index in [1.54, 1.807) is 0 Å². The number of hydrogen-bond donors (Lipinski definition) is 2. The predicted octanol–water partition coefficient (Wildman–Crippen LogP) is 3.49. The SMILES string of the molecule is CCCNC1CCC(O)(CCC(C)(C)C)CC1. The van der Waals surface area contributed by atoms with Gasteiger partial charge in [-0.05, 0) is 56.9 Å². The van der Waals surface area contributed by atoms with Gasteiger partial charge in [0.05, 0.1) is 5.60 Å². The molecule has 0 saturated heterocycles. The van der Waals surface area contributed by atoms with Crippen LogP contribution in [0.15, 0.2) is 0 Å². The summed E-state index contributed by atoms with van der Waals surface area (Å²) < 4.78 is 0. The van der Waals surface area contributed by atoms with Crippen molar-refractivity contribution in [3.8, 4) is 0 Å². The van der Waals surface area contributed by atoms with Gasteiger partial charge in [0.25, 0.3) is 0 Å². The molecule has 1 rings (SSSR count). The van der Waals surface area contributed by atoms with E-state index in [0.717, 1.165) is 45.1 Å². The fraction of sp³-hybridized carbons (Fsp3) is 1.00. The first-order valence-corrected chi connectivity index (χ1v) is 7.30. The maximum absolute atomic E-state index is 10.6. The first-order valence-electron chi connectivity index (χ1n) is 7.30. The molecule has 0 aromatic rings. The predicted molar refractivity (Wildman–Crippen MR) is 74.2 cm³/mol. The summed E-state index contributed by atoms with van der Waals surface area (Å²) >= 11 is 0. The number of aliphatic hydroxyl groups is 1. The summed E-state index contributed by atoms with van der Waals surface area (Å²) in [5, 5.41) is 14.1. The van der Waals surface area contributed by atoms with E-state index in [4.69, 9.17) is 0 Å². The second kappa shape index (κ2) is 6.19. The Morgan fingerprint density at radius 2 is 1.82 bits per heavy atom. The van der Waals surface area contributed by atoms with E-state index in [-0.39, 0.29) is 5.60 Å². The van der Waals surface area contributed by atoms with Crippen molar-refractivity contribution >= 4 is 0 Å². The Balaban J connectivity index is 2.28. The quantitative estimate of drug-likeness (QED) is 0.772. The minimum absolute atomic E-state index is 0.340. The van der Waals surface area contributed by atoms with E-state index < -0.39 is 0 Å². The van der Waals surface area contributed by atoms with Crippen LogP contribution in [0.25, 0.3) is 0 Å². The molecule has 0 bridgehead atoms. The number of hydrogen-bond acceptors (Lipinski definition) is 2. The van der Waals surface area contributed by atoms with Gasteiger partial charge in [-0.3, -0.25) is 0 Å². The van der Waals surface area contributed by atoms with Gasteiger partial charge in [0.15, 0.2) is 0 Å². The van der Waals surface area contributed by atoms with Crippen LogP contribution in [-0.2, 0) is 0 Å². The molecule has 0 heterocycles. The molecular formula is C15H31NO. The van der Waals surface area contributed by atoms with Crippen LogP contribution < -0.4 is 5.32 Å². The number of rotatable bonds is 5. The van der Waals surface area contributed by atoms with Crippen LogP contribution >= 0.6 is 0 Å². The van der Waals surface area contributed by atoms with Crippen LogP contribution in [0.4, 0.5) is 0 Å². The molecule has 1 aliphatic rings. The van der Waals surface area contributed by atoms with Crippen LogP contribution in [-0.4, -0.2) is 23.3 Å². The molecule has 0 aromatic heterocycles. The van der Waals surface area contributed by atoms with Crippen molar-refractivity contribution in [1.29, 1.82) is 0 Å². The summed E-state index contributed by atoms with van der Waals surface area (Å²) in [4.78, 5) is 0. The van der Waals surface area contributed by atoms with Crippen molar-refractivity contribution in [2.75, 3.05) is 6.54 Å². The molecule has 0 aliphatic heterocycles. The van der Waals surface area contributed by atoms with Gasteiger partial charge in [0.2, 0.25) is 0 Å². The molecular weight excluding hydrogens is 210 g/mol. The van der Waals surface area contributed by atoms with Gasteiger partial charge in [0.1, 0.15) is 0 Å². The summed E-state index contributed by atoms with van der Waals surface area (Å²) in [6.07, 6.45) is 7.52. The van der Waals surface area contributed by atoms with E-state index >= 15 is 0 Å². The lowest BCUT2D eigenvalue weighted by molar-refractivity contribution is -0.0189. The molecule has 1 aliphatic carbocycles. The van der Waals surface area contributed by atoms with E-state index in [0.29, 0.717) is 11.5 Å². The van der Waals surface area contributed by atoms with E-state index in [1.165, 1.54) is 6.42 Å². The Kier molecular flexibility index (Phi) is 5.46. The van der Waals surface area contributed by atoms with Crippen molar-refractivity contribution in [2.45, 2.75) is 84.3 Å². The summed E-state index contributed by atoms with van der Waals surface area (Å²) in [5.74, 6) is 0. The second-order valence-electron chi connectivity index (χ2n) is 7.01. The summed E-state index contributed by atoms with van der Waals surface area (Å²) in [7, 11) is 0. The highest BCUT2D eigenvalue weighted by atomic mass is 16.3. The summed E-state index contributed by atoms with van der Waals surface area (Å²) in [6, 6.07) is 0.643. The molecule has 0 radical (unpaired) electrons. The lowest BCUT2D eigenvalue weighted by atomic mass is 9.76. The molecule has 2 nitrogen and oxygen atoms in total. The van der Waals surface area contributed by atoms with E-state index in [9.17, 15) is 5.11 Å². The molecule has 0 unspecified atom stereocenters. The van der Waals surface area contributed by atoms with Crippen molar-refractivity contribution in [2.24, 2.45) is 5.41 Å². The molecule has 0 amide bonds. The third-order valence-corrected chi connectivity index (χ3v) is 3.94. The Morgan fingerprint density at radius 1 is 1.24 bits per heavy atom. The minimum Gasteiger partial charge on any atom is -0.390 e. The van der Waals surface area contributed by atoms with Crippen LogP contribution in [0, 0.1) is 5.41 Å². The van der Waals surface area contributed by atoms with Gasteiger partial charge in [-0.15, -0.1) is 0 Å². The van der Waals surface area contributed by atoms with Crippen LogP contribution in [0.5, 0.6) is 0 Å². The largest absolute Gasteiger partial charge is 0.390 e. The highest BCUT2D eigenvalue weighted by Crippen LogP contribution is 2.35. The Labute approximate surface area is 107 Å². The van der Waals surface area contributed by atoms with Crippen molar-refractivity contribution in [3.63, 3.8) is 0 Å². The van der Waals surface area contributed by atoms with Crippen LogP contribution in [0.1, 0.15) is 72.6 Å². The first-order chi connectivity index (χ1) is 7.85. The van der Waals surface area contributed by atoms with Crippen molar-refractivity contribution < 1.29 is 5.11 Å². The molecule has 17 heavy (non-hydrogen) atoms. The molecule has 2 heteroatoms. The summed E-state index contributed by atoms with van der Waals surface area (Å²) in [5.41, 5.74) is -0.0370. The topological polar surface area (TPSA) is 32.3 Å². The molecule has 1 fully saturated rings. The molecule has 0 spiro atoms. The van der Waals surface area contributed by atoms with E-state index in [2.05, 4.69) is 33.0 Å². The lowest BCUT2D eigenvalue weighted by Gasteiger charge is -2.38. The van der Waals surface area contributed by atoms with E-state index in [1.807, 2.05) is 0 Å². The van der Waals surface area contributed by atoms with Crippen LogP contribution in [0.3, 0.4) is 0 Å². The smallest absolute Gasteiger partial charge is 0.0649 e. The van der Waals surface area contributed by atoms with Crippen molar-refractivity contribution in [3.05, 3.63) is 0 Å². The number of nitrogens with one attached hydrogen (secondary N) is 1. The van der Waals surface area contributed by atoms with Gasteiger partial charge >= 0.3 is 0 Å². The normalized spacial score (nSPS) is 30.5. The Bertz CT molecular complexity index is 211. The Hall–Kier alpha value is -0.0800.